The molecule has 1 rings (SSSR count). The second-order valence-electron chi connectivity index (χ2n) is 3.86. The molecule has 0 saturated carbocycles. The molecular weight excluding hydrogens is 247 g/mol. The van der Waals surface area contributed by atoms with Crippen molar-refractivity contribution in [2.45, 2.75) is 25.9 Å². The molecule has 0 saturated heterocycles. The summed E-state index contributed by atoms with van der Waals surface area (Å²) in [5.41, 5.74) is -0.294. The maximum atomic E-state index is 12.9. The Labute approximate surface area is 103 Å². The zero-order chi connectivity index (χ0) is 13.7. The van der Waals surface area contributed by atoms with E-state index in [-0.39, 0.29) is 12.1 Å². The highest BCUT2D eigenvalue weighted by atomic mass is 19.2. The first-order valence-electron chi connectivity index (χ1n) is 5.56. The molecule has 0 radical (unpaired) electrons. The summed E-state index contributed by atoms with van der Waals surface area (Å²) in [6.45, 7) is 1.96. The van der Waals surface area contributed by atoms with E-state index in [2.05, 4.69) is 5.32 Å². The number of amides is 1. The van der Waals surface area contributed by atoms with Crippen LogP contribution in [-0.4, -0.2) is 23.7 Å². The minimum atomic E-state index is -1.60. The van der Waals surface area contributed by atoms with Crippen molar-refractivity contribution in [3.8, 4) is 0 Å². The number of nitrogens with one attached hydrogen (secondary N) is 1. The number of hydrogen-bond acceptors (Lipinski definition) is 2. The van der Waals surface area contributed by atoms with E-state index in [9.17, 15) is 23.1 Å². The highest BCUT2D eigenvalue weighted by molar-refractivity contribution is 5.94. The summed E-state index contributed by atoms with van der Waals surface area (Å²) in [6, 6.07) is 1.26. The lowest BCUT2D eigenvalue weighted by molar-refractivity contribution is 0.0941. The second kappa shape index (κ2) is 6.39. The van der Waals surface area contributed by atoms with Crippen molar-refractivity contribution >= 4 is 5.91 Å². The summed E-state index contributed by atoms with van der Waals surface area (Å²) in [5, 5.41) is 11.6. The molecule has 1 amide bonds. The molecule has 2 N–H and O–H groups in total. The van der Waals surface area contributed by atoms with Gasteiger partial charge in [0.1, 0.15) is 0 Å². The van der Waals surface area contributed by atoms with E-state index in [1.54, 1.807) is 6.92 Å². The van der Waals surface area contributed by atoms with Crippen molar-refractivity contribution in [2.75, 3.05) is 6.54 Å². The Morgan fingerprint density at radius 3 is 2.39 bits per heavy atom. The zero-order valence-electron chi connectivity index (χ0n) is 9.84. The molecule has 0 bridgehead atoms. The average molecular weight is 261 g/mol. The molecule has 1 atom stereocenters. The summed E-state index contributed by atoms with van der Waals surface area (Å²) >= 11 is 0. The Morgan fingerprint density at radius 2 is 1.89 bits per heavy atom. The second-order valence-corrected chi connectivity index (χ2v) is 3.86. The molecule has 1 aromatic carbocycles. The van der Waals surface area contributed by atoms with Gasteiger partial charge in [-0.25, -0.2) is 13.2 Å². The maximum absolute atomic E-state index is 12.9. The minimum Gasteiger partial charge on any atom is -0.393 e. The average Bonchev–Trinajstić information content (AvgIpc) is 2.34. The fraction of sp³-hybridized carbons (Fsp3) is 0.417. The predicted octanol–water partition coefficient (Wildman–Crippen LogP) is 1.99. The molecule has 18 heavy (non-hydrogen) atoms. The van der Waals surface area contributed by atoms with Gasteiger partial charge in [0.05, 0.1) is 6.10 Å². The lowest BCUT2D eigenvalue weighted by Gasteiger charge is -2.09. The van der Waals surface area contributed by atoms with Gasteiger partial charge in [0.2, 0.25) is 0 Å². The number of carbonyl (C=O) groups is 1. The van der Waals surface area contributed by atoms with Gasteiger partial charge in [-0.2, -0.15) is 0 Å². The van der Waals surface area contributed by atoms with E-state index in [0.717, 1.165) is 0 Å². The lowest BCUT2D eigenvalue weighted by atomic mass is 10.1. The van der Waals surface area contributed by atoms with Gasteiger partial charge in [0, 0.05) is 12.1 Å². The SMILES string of the molecule is CCC(O)CCNC(=O)c1cc(F)c(F)c(F)c1. The van der Waals surface area contributed by atoms with E-state index >= 15 is 0 Å². The van der Waals surface area contributed by atoms with Gasteiger partial charge < -0.3 is 10.4 Å². The van der Waals surface area contributed by atoms with Gasteiger partial charge >= 0.3 is 0 Å². The van der Waals surface area contributed by atoms with E-state index in [0.29, 0.717) is 25.0 Å². The summed E-state index contributed by atoms with van der Waals surface area (Å²) in [5.74, 6) is -5.13. The van der Waals surface area contributed by atoms with Crippen molar-refractivity contribution in [3.05, 3.63) is 35.1 Å². The quantitative estimate of drug-likeness (QED) is 0.796. The molecule has 1 unspecified atom stereocenters. The van der Waals surface area contributed by atoms with Crippen LogP contribution in [0.3, 0.4) is 0 Å². The van der Waals surface area contributed by atoms with E-state index in [4.69, 9.17) is 0 Å². The first-order chi connectivity index (χ1) is 8.45. The Morgan fingerprint density at radius 1 is 1.33 bits per heavy atom. The van der Waals surface area contributed by atoms with Gasteiger partial charge in [-0.05, 0) is 25.0 Å². The smallest absolute Gasteiger partial charge is 0.251 e. The van der Waals surface area contributed by atoms with Gasteiger partial charge in [-0.3, -0.25) is 4.79 Å². The fourth-order valence-electron chi connectivity index (χ4n) is 1.35. The van der Waals surface area contributed by atoms with Crippen LogP contribution in [0.25, 0.3) is 0 Å². The van der Waals surface area contributed by atoms with Crippen molar-refractivity contribution in [1.82, 2.24) is 5.32 Å². The molecule has 6 heteroatoms. The molecule has 0 aliphatic carbocycles. The number of halogens is 3. The van der Waals surface area contributed by atoms with Crippen LogP contribution in [0.15, 0.2) is 12.1 Å². The Hall–Kier alpha value is -1.56. The summed E-state index contributed by atoms with van der Waals surface area (Å²) < 4.78 is 38.4. The van der Waals surface area contributed by atoms with E-state index < -0.39 is 29.5 Å². The Bertz CT molecular complexity index is 414. The molecule has 0 aliphatic rings. The highest BCUT2D eigenvalue weighted by Crippen LogP contribution is 2.13. The summed E-state index contributed by atoms with van der Waals surface area (Å²) in [7, 11) is 0. The molecule has 0 fully saturated rings. The minimum absolute atomic E-state index is 0.175. The van der Waals surface area contributed by atoms with Gasteiger partial charge in [-0.15, -0.1) is 0 Å². The van der Waals surface area contributed by atoms with Crippen molar-refractivity contribution < 1.29 is 23.1 Å². The molecule has 1 aromatic rings. The number of rotatable bonds is 5. The highest BCUT2D eigenvalue weighted by Gasteiger charge is 2.14. The number of carbonyl (C=O) groups excluding carboxylic acids is 1. The van der Waals surface area contributed by atoms with Crippen LogP contribution in [0.1, 0.15) is 30.1 Å². The monoisotopic (exact) mass is 261 g/mol. The standard InChI is InChI=1S/C12H14F3NO2/c1-2-8(17)3-4-16-12(18)7-5-9(13)11(15)10(14)6-7/h5-6,8,17H,2-4H2,1H3,(H,16,18). The molecule has 0 aliphatic heterocycles. The third-order valence-corrected chi connectivity index (χ3v) is 2.48. The van der Waals surface area contributed by atoms with E-state index in [1.165, 1.54) is 0 Å². The normalized spacial score (nSPS) is 12.3. The number of aliphatic hydroxyl groups excluding tert-OH is 1. The predicted molar refractivity (Wildman–Crippen MR) is 59.6 cm³/mol. The van der Waals surface area contributed by atoms with Crippen molar-refractivity contribution in [2.24, 2.45) is 0 Å². The number of benzene rings is 1. The summed E-state index contributed by atoms with van der Waals surface area (Å²) in [4.78, 5) is 11.5. The van der Waals surface area contributed by atoms with Crippen LogP contribution in [0.4, 0.5) is 13.2 Å². The Balaban J connectivity index is 2.62. The summed E-state index contributed by atoms with van der Waals surface area (Å²) in [6.07, 6.45) is 0.358. The van der Waals surface area contributed by atoms with Crippen LogP contribution in [-0.2, 0) is 0 Å². The molecule has 0 aromatic heterocycles. The Kier molecular flexibility index (Phi) is 5.15. The third-order valence-electron chi connectivity index (χ3n) is 2.48. The molecule has 0 spiro atoms. The largest absolute Gasteiger partial charge is 0.393 e. The number of hydrogen-bond donors (Lipinski definition) is 2. The third kappa shape index (κ3) is 3.73. The molecular formula is C12H14F3NO2. The maximum Gasteiger partial charge on any atom is 0.251 e. The zero-order valence-corrected chi connectivity index (χ0v) is 9.84. The van der Waals surface area contributed by atoms with Crippen LogP contribution < -0.4 is 5.32 Å². The topological polar surface area (TPSA) is 49.3 Å². The first-order valence-corrected chi connectivity index (χ1v) is 5.56. The van der Waals surface area contributed by atoms with Gasteiger partial charge in [0.25, 0.3) is 5.91 Å². The number of aliphatic hydroxyl groups is 1. The van der Waals surface area contributed by atoms with Gasteiger partial charge in [0.15, 0.2) is 17.5 Å². The molecule has 100 valence electrons. The van der Waals surface area contributed by atoms with Crippen LogP contribution in [0, 0.1) is 17.5 Å². The first kappa shape index (κ1) is 14.5. The van der Waals surface area contributed by atoms with E-state index in [1.807, 2.05) is 0 Å². The van der Waals surface area contributed by atoms with Crippen molar-refractivity contribution in [3.63, 3.8) is 0 Å². The lowest BCUT2D eigenvalue weighted by Crippen LogP contribution is -2.27. The van der Waals surface area contributed by atoms with Crippen molar-refractivity contribution in [1.29, 1.82) is 0 Å². The van der Waals surface area contributed by atoms with Crippen LogP contribution in [0.5, 0.6) is 0 Å². The molecule has 0 heterocycles. The van der Waals surface area contributed by atoms with Crippen LogP contribution in [0.2, 0.25) is 0 Å². The molecule has 3 nitrogen and oxygen atoms in total. The fourth-order valence-corrected chi connectivity index (χ4v) is 1.35. The van der Waals surface area contributed by atoms with Gasteiger partial charge in [-0.1, -0.05) is 6.92 Å². The van der Waals surface area contributed by atoms with Crippen LogP contribution >= 0.6 is 0 Å².